The van der Waals surface area contributed by atoms with Crippen LogP contribution in [0.4, 0.5) is 0 Å². The van der Waals surface area contributed by atoms with Gasteiger partial charge in [-0.2, -0.15) is 0 Å². The average Bonchev–Trinajstić information content (AvgIpc) is 3.31. The van der Waals surface area contributed by atoms with Gasteiger partial charge in [-0.1, -0.05) is 0 Å². The Hall–Kier alpha value is -0.510. The zero-order chi connectivity index (χ0) is 17.9. The van der Waals surface area contributed by atoms with Gasteiger partial charge in [-0.15, -0.1) is 0 Å². The van der Waals surface area contributed by atoms with Gasteiger partial charge < -0.3 is 5.11 Å². The van der Waals surface area contributed by atoms with Gasteiger partial charge in [0.2, 0.25) is 0 Å². The standard InChI is InChI=1S/C18H18I2O4/c1-6-13(11-4-9(11)7(2)21)16(19)15(12-5-10(12)8(3)22)17(20)14(6)18(23)24/h9-12H,4-5H2,1-3H3,(H,23,24). The number of ketones is 2. The lowest BCUT2D eigenvalue weighted by Gasteiger charge is -2.19. The molecule has 0 heterocycles. The Balaban J connectivity index is 2.16. The molecule has 2 fully saturated rings. The molecule has 2 aliphatic rings. The molecule has 128 valence electrons. The van der Waals surface area contributed by atoms with Crippen LogP contribution in [-0.4, -0.2) is 22.6 Å². The predicted octanol–water partition coefficient (Wildman–Crippen LogP) is 4.29. The molecule has 1 aromatic carbocycles. The second-order valence-corrected chi connectivity index (χ2v) is 9.04. The van der Waals surface area contributed by atoms with Crippen molar-refractivity contribution in [2.45, 2.75) is 45.4 Å². The van der Waals surface area contributed by atoms with Gasteiger partial charge >= 0.3 is 5.97 Å². The minimum Gasteiger partial charge on any atom is -0.478 e. The predicted molar refractivity (Wildman–Crippen MR) is 107 cm³/mol. The largest absolute Gasteiger partial charge is 0.478 e. The van der Waals surface area contributed by atoms with E-state index in [0.717, 1.165) is 36.7 Å². The van der Waals surface area contributed by atoms with Crippen LogP contribution < -0.4 is 0 Å². The SMILES string of the molecule is CC(=O)C1CC1c1c(C)c(C(=O)O)c(I)c(C2CC2C(C)=O)c1I. The number of rotatable bonds is 5. The molecule has 0 radical (unpaired) electrons. The van der Waals surface area contributed by atoms with Crippen LogP contribution in [0.5, 0.6) is 0 Å². The van der Waals surface area contributed by atoms with Crippen molar-refractivity contribution in [1.29, 1.82) is 0 Å². The maximum Gasteiger partial charge on any atom is 0.337 e. The maximum atomic E-state index is 11.8. The van der Waals surface area contributed by atoms with Gasteiger partial charge in [-0.25, -0.2) is 4.79 Å². The highest BCUT2D eigenvalue weighted by atomic mass is 127. The summed E-state index contributed by atoms with van der Waals surface area (Å²) in [6.07, 6.45) is 1.59. The number of carboxylic acid groups (broad SMARTS) is 1. The van der Waals surface area contributed by atoms with E-state index >= 15 is 0 Å². The zero-order valence-corrected chi connectivity index (χ0v) is 18.0. The molecule has 0 amide bonds. The van der Waals surface area contributed by atoms with Crippen molar-refractivity contribution in [3.8, 4) is 0 Å². The van der Waals surface area contributed by atoms with E-state index in [2.05, 4.69) is 45.2 Å². The summed E-state index contributed by atoms with van der Waals surface area (Å²) < 4.78 is 1.81. The number of carbonyl (C=O) groups excluding carboxylic acids is 2. The summed E-state index contributed by atoms with van der Waals surface area (Å²) in [6.45, 7) is 5.05. The van der Waals surface area contributed by atoms with Crippen molar-refractivity contribution in [2.75, 3.05) is 0 Å². The molecule has 1 N–H and O–H groups in total. The van der Waals surface area contributed by atoms with E-state index in [-0.39, 0.29) is 35.2 Å². The highest BCUT2D eigenvalue weighted by molar-refractivity contribution is 14.1. The van der Waals surface area contributed by atoms with Crippen LogP contribution in [0.1, 0.15) is 65.6 Å². The molecular weight excluding hydrogens is 534 g/mol. The summed E-state index contributed by atoms with van der Waals surface area (Å²) in [6, 6.07) is 0. The number of carbonyl (C=O) groups is 3. The van der Waals surface area contributed by atoms with E-state index in [1.165, 1.54) is 0 Å². The Bertz CT molecular complexity index is 729. The molecule has 4 nitrogen and oxygen atoms in total. The second kappa shape index (κ2) is 6.34. The third kappa shape index (κ3) is 2.93. The number of hydrogen-bond donors (Lipinski definition) is 1. The highest BCUT2D eigenvalue weighted by Gasteiger charge is 2.48. The molecule has 4 atom stereocenters. The number of hydrogen-bond acceptors (Lipinski definition) is 3. The quantitative estimate of drug-likeness (QED) is 0.554. The van der Waals surface area contributed by atoms with Crippen molar-refractivity contribution in [3.63, 3.8) is 0 Å². The van der Waals surface area contributed by atoms with E-state index in [4.69, 9.17) is 0 Å². The first-order chi connectivity index (χ1) is 11.2. The maximum absolute atomic E-state index is 11.8. The minimum absolute atomic E-state index is 0.00652. The summed E-state index contributed by atoms with van der Waals surface area (Å²) in [4.78, 5) is 35.2. The summed E-state index contributed by atoms with van der Waals surface area (Å²) in [7, 11) is 0. The molecule has 24 heavy (non-hydrogen) atoms. The van der Waals surface area contributed by atoms with Gasteiger partial charge in [0.25, 0.3) is 0 Å². The van der Waals surface area contributed by atoms with Crippen molar-refractivity contribution >= 4 is 62.7 Å². The molecule has 6 heteroatoms. The highest BCUT2D eigenvalue weighted by Crippen LogP contribution is 2.56. The van der Waals surface area contributed by atoms with Gasteiger partial charge in [0.15, 0.2) is 0 Å². The molecule has 0 bridgehead atoms. The zero-order valence-electron chi connectivity index (χ0n) is 13.7. The van der Waals surface area contributed by atoms with Crippen LogP contribution in [-0.2, 0) is 9.59 Å². The lowest BCUT2D eigenvalue weighted by molar-refractivity contribution is -0.119. The molecular formula is C18H18I2O4. The van der Waals surface area contributed by atoms with E-state index < -0.39 is 5.97 Å². The molecule has 3 rings (SSSR count). The Kier molecular flexibility index (Phi) is 4.83. The Morgan fingerprint density at radius 3 is 1.75 bits per heavy atom. The van der Waals surface area contributed by atoms with Crippen LogP contribution in [0.15, 0.2) is 0 Å². The topological polar surface area (TPSA) is 71.4 Å². The van der Waals surface area contributed by atoms with Gasteiger partial charge in [-0.3, -0.25) is 9.59 Å². The number of Topliss-reactive ketones (excluding diaryl/α,β-unsaturated/α-hetero) is 2. The number of aromatic carboxylic acids is 1. The van der Waals surface area contributed by atoms with Crippen LogP contribution in [0.3, 0.4) is 0 Å². The van der Waals surface area contributed by atoms with Gasteiger partial charge in [0.1, 0.15) is 11.6 Å². The molecule has 0 spiro atoms. The first-order valence-corrected chi connectivity index (χ1v) is 10.1. The first kappa shape index (κ1) is 18.3. The smallest absolute Gasteiger partial charge is 0.337 e. The number of carboxylic acids is 1. The Morgan fingerprint density at radius 2 is 1.38 bits per heavy atom. The molecule has 0 aromatic heterocycles. The first-order valence-electron chi connectivity index (χ1n) is 7.92. The van der Waals surface area contributed by atoms with E-state index in [9.17, 15) is 19.5 Å². The van der Waals surface area contributed by atoms with E-state index in [1.807, 2.05) is 6.92 Å². The fourth-order valence-corrected chi connectivity index (χ4v) is 7.08. The summed E-state index contributed by atoms with van der Waals surface area (Å²) in [5.41, 5.74) is 3.12. The normalized spacial score (nSPS) is 27.7. The lowest BCUT2D eigenvalue weighted by atomic mass is 9.92. The van der Waals surface area contributed by atoms with Crippen molar-refractivity contribution in [1.82, 2.24) is 0 Å². The fourth-order valence-electron chi connectivity index (χ4n) is 3.79. The third-order valence-corrected chi connectivity index (χ3v) is 7.57. The van der Waals surface area contributed by atoms with Crippen molar-refractivity contribution < 1.29 is 19.5 Å². The molecule has 2 saturated carbocycles. The molecule has 0 saturated heterocycles. The Labute approximate surface area is 168 Å². The molecule has 2 aliphatic carbocycles. The molecule has 0 aliphatic heterocycles. The summed E-state index contributed by atoms with van der Waals surface area (Å²) >= 11 is 4.40. The van der Waals surface area contributed by atoms with E-state index in [0.29, 0.717) is 5.56 Å². The number of benzene rings is 1. The minimum atomic E-state index is -0.934. The molecule has 4 unspecified atom stereocenters. The Morgan fingerprint density at radius 1 is 0.917 bits per heavy atom. The average molecular weight is 552 g/mol. The summed E-state index contributed by atoms with van der Waals surface area (Å²) in [5, 5.41) is 9.70. The fraction of sp³-hybridized carbons (Fsp3) is 0.500. The summed E-state index contributed by atoms with van der Waals surface area (Å²) in [5.74, 6) is -0.345. The van der Waals surface area contributed by atoms with Gasteiger partial charge in [-0.05, 0) is 107 Å². The monoisotopic (exact) mass is 552 g/mol. The second-order valence-electron chi connectivity index (χ2n) is 6.88. The third-order valence-electron chi connectivity index (χ3n) is 5.29. The van der Waals surface area contributed by atoms with Crippen LogP contribution >= 0.6 is 45.2 Å². The van der Waals surface area contributed by atoms with Crippen LogP contribution in [0.2, 0.25) is 0 Å². The van der Waals surface area contributed by atoms with Gasteiger partial charge in [0.05, 0.1) is 5.56 Å². The van der Waals surface area contributed by atoms with Crippen LogP contribution in [0.25, 0.3) is 0 Å². The van der Waals surface area contributed by atoms with E-state index in [1.54, 1.807) is 13.8 Å². The van der Waals surface area contributed by atoms with Crippen molar-refractivity contribution in [3.05, 3.63) is 29.4 Å². The van der Waals surface area contributed by atoms with Crippen LogP contribution in [0, 0.1) is 25.9 Å². The number of halogens is 2. The molecule has 1 aromatic rings. The lowest BCUT2D eigenvalue weighted by Crippen LogP contribution is -2.13. The van der Waals surface area contributed by atoms with Gasteiger partial charge in [0, 0.05) is 19.0 Å². The van der Waals surface area contributed by atoms with Crippen molar-refractivity contribution in [2.24, 2.45) is 11.8 Å².